The van der Waals surface area contributed by atoms with Gasteiger partial charge in [0.1, 0.15) is 5.69 Å². The molecule has 5 heteroatoms. The standard InChI is InChI=1S/C8H6N2O3/c1-13-8(12)6-2-5(4-9)3-7(11)10-6/h2-3H,1H3,(H,10,11). The van der Waals surface area contributed by atoms with Gasteiger partial charge in [-0.3, -0.25) is 4.79 Å². The van der Waals surface area contributed by atoms with Crippen LogP contribution in [0.25, 0.3) is 0 Å². The molecule has 0 fully saturated rings. The van der Waals surface area contributed by atoms with Crippen molar-refractivity contribution < 1.29 is 9.53 Å². The number of nitrogens with zero attached hydrogens (tertiary/aromatic N) is 1. The molecule has 1 N–H and O–H groups in total. The number of rotatable bonds is 1. The highest BCUT2D eigenvalue weighted by Crippen LogP contribution is 1.98. The first-order valence-corrected chi connectivity index (χ1v) is 3.40. The van der Waals surface area contributed by atoms with Crippen molar-refractivity contribution in [2.75, 3.05) is 7.11 Å². The second-order valence-corrected chi connectivity index (χ2v) is 2.25. The molecule has 0 aliphatic carbocycles. The predicted octanol–water partition coefficient (Wildman–Crippen LogP) is 0.0332. The van der Waals surface area contributed by atoms with Gasteiger partial charge in [0.25, 0.3) is 0 Å². The van der Waals surface area contributed by atoms with Crippen LogP contribution in [0.1, 0.15) is 16.1 Å². The topological polar surface area (TPSA) is 82.9 Å². The van der Waals surface area contributed by atoms with Gasteiger partial charge in [0, 0.05) is 6.07 Å². The SMILES string of the molecule is COC(=O)c1cc(C#N)cc(=O)[nH]1. The lowest BCUT2D eigenvalue weighted by atomic mass is 10.2. The van der Waals surface area contributed by atoms with E-state index < -0.39 is 11.5 Å². The van der Waals surface area contributed by atoms with Crippen LogP contribution in [0.5, 0.6) is 0 Å². The van der Waals surface area contributed by atoms with Crippen LogP contribution in [-0.4, -0.2) is 18.1 Å². The van der Waals surface area contributed by atoms with Gasteiger partial charge in [-0.25, -0.2) is 4.79 Å². The lowest BCUT2D eigenvalue weighted by Crippen LogP contribution is -2.13. The van der Waals surface area contributed by atoms with Gasteiger partial charge in [-0.1, -0.05) is 0 Å². The molecule has 0 aliphatic heterocycles. The molecule has 0 aromatic carbocycles. The van der Waals surface area contributed by atoms with E-state index in [1.54, 1.807) is 6.07 Å². The van der Waals surface area contributed by atoms with Crippen LogP contribution < -0.4 is 5.56 Å². The van der Waals surface area contributed by atoms with Crippen molar-refractivity contribution in [2.24, 2.45) is 0 Å². The molecule has 0 aliphatic rings. The Labute approximate surface area is 73.6 Å². The number of esters is 1. The molecule has 0 bridgehead atoms. The van der Waals surface area contributed by atoms with E-state index in [1.807, 2.05) is 0 Å². The van der Waals surface area contributed by atoms with E-state index >= 15 is 0 Å². The molecule has 1 rings (SSSR count). The van der Waals surface area contributed by atoms with Gasteiger partial charge in [0.15, 0.2) is 0 Å². The molecule has 5 nitrogen and oxygen atoms in total. The molecule has 0 radical (unpaired) electrons. The molecule has 1 heterocycles. The van der Waals surface area contributed by atoms with Gasteiger partial charge in [-0.2, -0.15) is 5.26 Å². The molecule has 0 saturated carbocycles. The van der Waals surface area contributed by atoms with Crippen LogP contribution in [0.4, 0.5) is 0 Å². The zero-order valence-corrected chi connectivity index (χ0v) is 6.83. The van der Waals surface area contributed by atoms with E-state index in [9.17, 15) is 9.59 Å². The number of hydrogen-bond donors (Lipinski definition) is 1. The van der Waals surface area contributed by atoms with E-state index in [-0.39, 0.29) is 11.3 Å². The minimum Gasteiger partial charge on any atom is -0.464 e. The molecule has 1 aromatic heterocycles. The van der Waals surface area contributed by atoms with Crippen molar-refractivity contribution in [3.05, 3.63) is 33.7 Å². The number of nitriles is 1. The van der Waals surface area contributed by atoms with E-state index in [1.165, 1.54) is 13.2 Å². The van der Waals surface area contributed by atoms with E-state index in [0.717, 1.165) is 6.07 Å². The summed E-state index contributed by atoms with van der Waals surface area (Å²) >= 11 is 0. The zero-order chi connectivity index (χ0) is 9.84. The van der Waals surface area contributed by atoms with Crippen LogP contribution in [0, 0.1) is 11.3 Å². The van der Waals surface area contributed by atoms with Gasteiger partial charge < -0.3 is 9.72 Å². The van der Waals surface area contributed by atoms with E-state index in [2.05, 4.69) is 9.72 Å². The minimum atomic E-state index is -0.672. The van der Waals surface area contributed by atoms with Gasteiger partial charge in [0.05, 0.1) is 18.7 Å². The number of hydrogen-bond acceptors (Lipinski definition) is 4. The van der Waals surface area contributed by atoms with Gasteiger partial charge >= 0.3 is 5.97 Å². The summed E-state index contributed by atoms with van der Waals surface area (Å²) < 4.78 is 4.37. The summed E-state index contributed by atoms with van der Waals surface area (Å²) in [6, 6.07) is 4.12. The highest BCUT2D eigenvalue weighted by Gasteiger charge is 2.07. The maximum atomic E-state index is 10.9. The quantitative estimate of drug-likeness (QED) is 0.615. The Morgan fingerprint density at radius 3 is 2.85 bits per heavy atom. The van der Waals surface area contributed by atoms with Gasteiger partial charge in [-0.05, 0) is 6.07 Å². The van der Waals surface area contributed by atoms with Crippen molar-refractivity contribution in [1.82, 2.24) is 4.98 Å². The number of H-pyrrole nitrogens is 1. The lowest BCUT2D eigenvalue weighted by Gasteiger charge is -1.97. The summed E-state index contributed by atoms with van der Waals surface area (Å²) in [5.41, 5.74) is -0.393. The Bertz CT molecular complexity index is 428. The normalized spacial score (nSPS) is 8.92. The third-order valence-corrected chi connectivity index (χ3v) is 1.38. The molecule has 0 amide bonds. The van der Waals surface area contributed by atoms with Crippen molar-refractivity contribution in [3.63, 3.8) is 0 Å². The summed E-state index contributed by atoms with van der Waals surface area (Å²) in [4.78, 5) is 24.1. The lowest BCUT2D eigenvalue weighted by molar-refractivity contribution is 0.0593. The molecule has 0 spiro atoms. The monoisotopic (exact) mass is 178 g/mol. The summed E-state index contributed by atoms with van der Waals surface area (Å²) in [5, 5.41) is 8.49. The molecule has 0 saturated heterocycles. The second-order valence-electron chi connectivity index (χ2n) is 2.25. The first-order valence-electron chi connectivity index (χ1n) is 3.40. The summed E-state index contributed by atoms with van der Waals surface area (Å²) in [5.74, 6) is -0.672. The third-order valence-electron chi connectivity index (χ3n) is 1.38. The molecular weight excluding hydrogens is 172 g/mol. The number of aromatic amines is 1. The predicted molar refractivity (Wildman–Crippen MR) is 43.1 cm³/mol. The number of nitrogens with one attached hydrogen (secondary N) is 1. The average Bonchev–Trinajstić information content (AvgIpc) is 2.15. The van der Waals surface area contributed by atoms with Crippen molar-refractivity contribution in [1.29, 1.82) is 5.26 Å². The van der Waals surface area contributed by atoms with Crippen LogP contribution >= 0.6 is 0 Å². The van der Waals surface area contributed by atoms with Crippen molar-refractivity contribution in [3.8, 4) is 6.07 Å². The Balaban J connectivity index is 3.26. The third kappa shape index (κ3) is 1.93. The first kappa shape index (κ1) is 9.00. The smallest absolute Gasteiger partial charge is 0.354 e. The minimum absolute atomic E-state index is 0.0217. The molecular formula is C8H6N2O3. The fraction of sp³-hybridized carbons (Fsp3) is 0.125. The Morgan fingerprint density at radius 2 is 2.31 bits per heavy atom. The fourth-order valence-electron chi connectivity index (χ4n) is 0.828. The van der Waals surface area contributed by atoms with Crippen LogP contribution in [0.3, 0.4) is 0 Å². The van der Waals surface area contributed by atoms with Gasteiger partial charge in [-0.15, -0.1) is 0 Å². The first-order chi connectivity index (χ1) is 6.17. The summed E-state index contributed by atoms with van der Waals surface area (Å²) in [6.07, 6.45) is 0. The summed E-state index contributed by atoms with van der Waals surface area (Å²) in [7, 11) is 1.19. The van der Waals surface area contributed by atoms with E-state index in [4.69, 9.17) is 5.26 Å². The Kier molecular flexibility index (Phi) is 2.45. The summed E-state index contributed by atoms with van der Waals surface area (Å²) in [6.45, 7) is 0. The number of pyridine rings is 1. The number of ether oxygens (including phenoxy) is 1. The second kappa shape index (κ2) is 3.54. The molecule has 0 unspecified atom stereocenters. The van der Waals surface area contributed by atoms with Crippen LogP contribution in [0.15, 0.2) is 16.9 Å². The number of aromatic nitrogens is 1. The van der Waals surface area contributed by atoms with Crippen LogP contribution in [-0.2, 0) is 4.74 Å². The van der Waals surface area contributed by atoms with E-state index in [0.29, 0.717) is 0 Å². The Morgan fingerprint density at radius 1 is 1.62 bits per heavy atom. The maximum absolute atomic E-state index is 10.9. The fourth-order valence-corrected chi connectivity index (χ4v) is 0.828. The molecule has 66 valence electrons. The molecule has 1 aromatic rings. The average molecular weight is 178 g/mol. The maximum Gasteiger partial charge on any atom is 0.354 e. The molecule has 13 heavy (non-hydrogen) atoms. The zero-order valence-electron chi connectivity index (χ0n) is 6.83. The van der Waals surface area contributed by atoms with Crippen molar-refractivity contribution >= 4 is 5.97 Å². The van der Waals surface area contributed by atoms with Gasteiger partial charge in [0.2, 0.25) is 5.56 Å². The largest absolute Gasteiger partial charge is 0.464 e. The molecule has 0 atom stereocenters. The Hall–Kier alpha value is -2.09. The van der Waals surface area contributed by atoms with Crippen LogP contribution in [0.2, 0.25) is 0 Å². The van der Waals surface area contributed by atoms with Crippen molar-refractivity contribution in [2.45, 2.75) is 0 Å². The highest BCUT2D eigenvalue weighted by atomic mass is 16.5. The number of carbonyl (C=O) groups excluding carboxylic acids is 1. The number of carbonyl (C=O) groups is 1. The number of methoxy groups -OCH3 is 1. The highest BCUT2D eigenvalue weighted by molar-refractivity contribution is 5.87.